The second kappa shape index (κ2) is 5.82. The fourth-order valence-electron chi connectivity index (χ4n) is 1.36. The van der Waals surface area contributed by atoms with Crippen LogP contribution in [0.5, 0.6) is 0 Å². The Morgan fingerprint density at radius 2 is 2.00 bits per heavy atom. The Bertz CT molecular complexity index is 315. The number of nitrogens with one attached hydrogen (secondary N) is 1. The van der Waals surface area contributed by atoms with Crippen molar-refractivity contribution < 1.29 is 9.13 Å². The highest BCUT2D eigenvalue weighted by molar-refractivity contribution is 5.45. The highest BCUT2D eigenvalue weighted by Crippen LogP contribution is 2.15. The average molecular weight is 226 g/mol. The first-order valence-electron chi connectivity index (χ1n) is 5.41. The van der Waals surface area contributed by atoms with Crippen LogP contribution in [-0.4, -0.2) is 25.3 Å². The van der Waals surface area contributed by atoms with E-state index in [-0.39, 0.29) is 11.4 Å². The standard InChI is InChI=1S/C12H19FN2O/c1-3-16-9-12(2,8-14)15-11-6-4-10(13)5-7-11/h4-7,15H,3,8-9,14H2,1-2H3. The van der Waals surface area contributed by atoms with E-state index in [2.05, 4.69) is 5.32 Å². The van der Waals surface area contributed by atoms with Crippen LogP contribution in [-0.2, 0) is 4.74 Å². The first-order chi connectivity index (χ1) is 7.59. The zero-order chi connectivity index (χ0) is 12.0. The highest BCUT2D eigenvalue weighted by Gasteiger charge is 2.22. The Balaban J connectivity index is 2.64. The number of halogens is 1. The fourth-order valence-corrected chi connectivity index (χ4v) is 1.36. The van der Waals surface area contributed by atoms with Gasteiger partial charge in [-0.1, -0.05) is 0 Å². The van der Waals surface area contributed by atoms with Crippen LogP contribution in [0.15, 0.2) is 24.3 Å². The van der Waals surface area contributed by atoms with Gasteiger partial charge in [0.05, 0.1) is 12.1 Å². The Labute approximate surface area is 95.8 Å². The number of hydrogen-bond donors (Lipinski definition) is 2. The zero-order valence-corrected chi connectivity index (χ0v) is 9.79. The fraction of sp³-hybridized carbons (Fsp3) is 0.500. The van der Waals surface area contributed by atoms with Crippen molar-refractivity contribution in [3.63, 3.8) is 0 Å². The molecule has 0 aromatic heterocycles. The van der Waals surface area contributed by atoms with Gasteiger partial charge in [0, 0.05) is 18.8 Å². The highest BCUT2D eigenvalue weighted by atomic mass is 19.1. The van der Waals surface area contributed by atoms with Gasteiger partial charge in [0.25, 0.3) is 0 Å². The molecule has 0 bridgehead atoms. The molecular weight excluding hydrogens is 207 g/mol. The molecule has 90 valence electrons. The summed E-state index contributed by atoms with van der Waals surface area (Å²) in [6.45, 7) is 5.54. The topological polar surface area (TPSA) is 47.3 Å². The van der Waals surface area contributed by atoms with E-state index in [9.17, 15) is 4.39 Å². The SMILES string of the molecule is CCOCC(C)(CN)Nc1ccc(F)cc1. The van der Waals surface area contributed by atoms with E-state index in [1.807, 2.05) is 13.8 Å². The normalized spacial score (nSPS) is 14.5. The maximum Gasteiger partial charge on any atom is 0.123 e. The third-order valence-corrected chi connectivity index (χ3v) is 2.37. The summed E-state index contributed by atoms with van der Waals surface area (Å²) in [7, 11) is 0. The van der Waals surface area contributed by atoms with E-state index in [0.29, 0.717) is 19.8 Å². The van der Waals surface area contributed by atoms with Crippen molar-refractivity contribution in [2.45, 2.75) is 19.4 Å². The molecule has 0 saturated heterocycles. The van der Waals surface area contributed by atoms with E-state index >= 15 is 0 Å². The second-order valence-corrected chi connectivity index (χ2v) is 4.03. The van der Waals surface area contributed by atoms with Crippen LogP contribution in [0.4, 0.5) is 10.1 Å². The summed E-state index contributed by atoms with van der Waals surface area (Å²) < 4.78 is 18.1. The monoisotopic (exact) mass is 226 g/mol. The van der Waals surface area contributed by atoms with Gasteiger partial charge in [-0.25, -0.2) is 4.39 Å². The summed E-state index contributed by atoms with van der Waals surface area (Å²) in [6, 6.07) is 6.21. The van der Waals surface area contributed by atoms with Crippen LogP contribution in [0, 0.1) is 5.82 Å². The van der Waals surface area contributed by atoms with Gasteiger partial charge in [0.2, 0.25) is 0 Å². The van der Waals surface area contributed by atoms with Crippen LogP contribution in [0.3, 0.4) is 0 Å². The zero-order valence-electron chi connectivity index (χ0n) is 9.79. The van der Waals surface area contributed by atoms with Gasteiger partial charge in [-0.2, -0.15) is 0 Å². The molecule has 1 aromatic carbocycles. The number of anilines is 1. The number of benzene rings is 1. The van der Waals surface area contributed by atoms with Crippen LogP contribution >= 0.6 is 0 Å². The van der Waals surface area contributed by atoms with Crippen molar-refractivity contribution in [1.29, 1.82) is 0 Å². The number of nitrogens with two attached hydrogens (primary N) is 1. The molecule has 3 nitrogen and oxygen atoms in total. The molecule has 0 heterocycles. The van der Waals surface area contributed by atoms with E-state index in [1.165, 1.54) is 12.1 Å². The third-order valence-electron chi connectivity index (χ3n) is 2.37. The summed E-state index contributed by atoms with van der Waals surface area (Å²) in [4.78, 5) is 0. The number of ether oxygens (including phenoxy) is 1. The van der Waals surface area contributed by atoms with Gasteiger partial charge in [0.1, 0.15) is 5.82 Å². The van der Waals surface area contributed by atoms with E-state index in [0.717, 1.165) is 5.69 Å². The molecule has 1 unspecified atom stereocenters. The first kappa shape index (κ1) is 12.9. The summed E-state index contributed by atoms with van der Waals surface area (Å²) in [5.41, 5.74) is 6.23. The second-order valence-electron chi connectivity index (χ2n) is 4.03. The van der Waals surface area contributed by atoms with Gasteiger partial charge in [-0.05, 0) is 38.1 Å². The number of rotatable bonds is 6. The summed E-state index contributed by atoms with van der Waals surface area (Å²) in [5, 5.41) is 3.25. The smallest absolute Gasteiger partial charge is 0.123 e. The molecule has 1 aromatic rings. The van der Waals surface area contributed by atoms with E-state index in [1.54, 1.807) is 12.1 Å². The molecule has 0 aliphatic rings. The molecular formula is C12H19FN2O. The molecule has 0 aliphatic carbocycles. The van der Waals surface area contributed by atoms with Gasteiger partial charge < -0.3 is 15.8 Å². The Hall–Kier alpha value is -1.13. The average Bonchev–Trinajstić information content (AvgIpc) is 2.30. The molecule has 0 saturated carbocycles. The third kappa shape index (κ3) is 3.79. The van der Waals surface area contributed by atoms with Crippen LogP contribution in [0.1, 0.15) is 13.8 Å². The van der Waals surface area contributed by atoms with Gasteiger partial charge in [0.15, 0.2) is 0 Å². The lowest BCUT2D eigenvalue weighted by atomic mass is 10.0. The largest absolute Gasteiger partial charge is 0.379 e. The van der Waals surface area contributed by atoms with Crippen molar-refractivity contribution in [2.24, 2.45) is 5.73 Å². The summed E-state index contributed by atoms with van der Waals surface area (Å²) in [5.74, 6) is -0.246. The molecule has 0 spiro atoms. The van der Waals surface area contributed by atoms with Crippen molar-refractivity contribution in [1.82, 2.24) is 0 Å². The quantitative estimate of drug-likeness (QED) is 0.780. The Kier molecular flexibility index (Phi) is 4.71. The molecule has 1 atom stereocenters. The lowest BCUT2D eigenvalue weighted by Gasteiger charge is -2.30. The lowest BCUT2D eigenvalue weighted by Crippen LogP contribution is -2.46. The van der Waals surface area contributed by atoms with Crippen molar-refractivity contribution in [2.75, 3.05) is 25.1 Å². The summed E-state index contributed by atoms with van der Waals surface area (Å²) in [6.07, 6.45) is 0. The Morgan fingerprint density at radius 1 is 1.38 bits per heavy atom. The van der Waals surface area contributed by atoms with E-state index < -0.39 is 0 Å². The van der Waals surface area contributed by atoms with Gasteiger partial charge in [-0.15, -0.1) is 0 Å². The predicted octanol–water partition coefficient (Wildman–Crippen LogP) is 1.99. The number of hydrogen-bond acceptors (Lipinski definition) is 3. The minimum atomic E-state index is -0.326. The van der Waals surface area contributed by atoms with Crippen LogP contribution in [0.25, 0.3) is 0 Å². The minimum Gasteiger partial charge on any atom is -0.379 e. The van der Waals surface area contributed by atoms with Gasteiger partial charge in [-0.3, -0.25) is 0 Å². The first-order valence-corrected chi connectivity index (χ1v) is 5.41. The van der Waals surface area contributed by atoms with Crippen molar-refractivity contribution >= 4 is 5.69 Å². The maximum absolute atomic E-state index is 12.7. The molecule has 16 heavy (non-hydrogen) atoms. The minimum absolute atomic E-state index is 0.246. The lowest BCUT2D eigenvalue weighted by molar-refractivity contribution is 0.112. The predicted molar refractivity (Wildman–Crippen MR) is 64.0 cm³/mol. The molecule has 0 fully saturated rings. The van der Waals surface area contributed by atoms with Crippen molar-refractivity contribution in [3.8, 4) is 0 Å². The Morgan fingerprint density at radius 3 is 2.50 bits per heavy atom. The van der Waals surface area contributed by atoms with Crippen LogP contribution in [0.2, 0.25) is 0 Å². The maximum atomic E-state index is 12.7. The van der Waals surface area contributed by atoms with Crippen LogP contribution < -0.4 is 11.1 Å². The molecule has 1 rings (SSSR count). The van der Waals surface area contributed by atoms with Gasteiger partial charge >= 0.3 is 0 Å². The molecule has 0 amide bonds. The molecule has 0 aliphatic heterocycles. The molecule has 4 heteroatoms. The summed E-state index contributed by atoms with van der Waals surface area (Å²) >= 11 is 0. The van der Waals surface area contributed by atoms with E-state index in [4.69, 9.17) is 10.5 Å². The molecule has 0 radical (unpaired) electrons. The molecule has 3 N–H and O–H groups in total. The van der Waals surface area contributed by atoms with Crippen molar-refractivity contribution in [3.05, 3.63) is 30.1 Å².